The van der Waals surface area contributed by atoms with Crippen molar-refractivity contribution in [3.63, 3.8) is 0 Å². The Labute approximate surface area is 129 Å². The predicted octanol–water partition coefficient (Wildman–Crippen LogP) is 2.49. The number of nitrogens with one attached hydrogen (secondary N) is 1. The molecule has 1 heterocycles. The smallest absolute Gasteiger partial charge is 0.193 e. The van der Waals surface area contributed by atoms with Gasteiger partial charge in [-0.1, -0.05) is 6.08 Å². The second kappa shape index (κ2) is 8.46. The van der Waals surface area contributed by atoms with Gasteiger partial charge in [0, 0.05) is 29.7 Å². The summed E-state index contributed by atoms with van der Waals surface area (Å²) in [6, 6.07) is 5.67. The minimum atomic E-state index is 0.406. The zero-order valence-corrected chi connectivity index (χ0v) is 12.8. The highest BCUT2D eigenvalue weighted by Gasteiger charge is 2.10. The number of ether oxygens (including phenoxy) is 2. The van der Waals surface area contributed by atoms with E-state index in [1.807, 2.05) is 24.3 Å². The van der Waals surface area contributed by atoms with Gasteiger partial charge in [-0.3, -0.25) is 4.99 Å². The minimum Gasteiger partial charge on any atom is -0.490 e. The summed E-state index contributed by atoms with van der Waals surface area (Å²) in [5.74, 6) is 3.78. The van der Waals surface area contributed by atoms with Crippen molar-refractivity contribution in [1.29, 1.82) is 0 Å². The van der Waals surface area contributed by atoms with Crippen LogP contribution in [0.1, 0.15) is 6.42 Å². The molecule has 0 unspecified atom stereocenters. The number of hydrogen-bond donors (Lipinski definition) is 2. The topological polar surface area (TPSA) is 68.9 Å². The standard InChI is InChI=1S/C15H21N3O2S/c1-2-9-21-10-6-17-15(16)18-12-4-5-13-14(11-12)20-8-3-7-19-13/h2,4-5,11H,1,3,6-10H2,(H3,16,17,18). The van der Waals surface area contributed by atoms with Crippen LogP contribution in [0.5, 0.6) is 11.5 Å². The summed E-state index contributed by atoms with van der Waals surface area (Å²) >= 11 is 1.78. The number of guanidine groups is 1. The lowest BCUT2D eigenvalue weighted by Gasteiger charge is -2.10. The zero-order chi connectivity index (χ0) is 14.9. The van der Waals surface area contributed by atoms with Gasteiger partial charge in [-0.25, -0.2) is 0 Å². The largest absolute Gasteiger partial charge is 0.490 e. The fraction of sp³-hybridized carbons (Fsp3) is 0.400. The maximum atomic E-state index is 5.86. The van der Waals surface area contributed by atoms with Gasteiger partial charge in [0.1, 0.15) is 0 Å². The second-order valence-corrected chi connectivity index (χ2v) is 5.62. The summed E-state index contributed by atoms with van der Waals surface area (Å²) in [6.45, 7) is 5.71. The van der Waals surface area contributed by atoms with Crippen LogP contribution in [0.4, 0.5) is 5.69 Å². The van der Waals surface area contributed by atoms with Gasteiger partial charge in [-0.2, -0.15) is 11.8 Å². The molecule has 0 bridgehead atoms. The molecule has 3 N–H and O–H groups in total. The maximum absolute atomic E-state index is 5.86. The third-order valence-electron chi connectivity index (χ3n) is 2.77. The van der Waals surface area contributed by atoms with Crippen LogP contribution in [0.2, 0.25) is 0 Å². The lowest BCUT2D eigenvalue weighted by atomic mass is 10.3. The Morgan fingerprint density at radius 2 is 2.19 bits per heavy atom. The Kier molecular flexibility index (Phi) is 6.27. The summed E-state index contributed by atoms with van der Waals surface area (Å²) in [7, 11) is 0. The summed E-state index contributed by atoms with van der Waals surface area (Å²) < 4.78 is 11.2. The van der Waals surface area contributed by atoms with E-state index in [-0.39, 0.29) is 0 Å². The van der Waals surface area contributed by atoms with Crippen molar-refractivity contribution in [2.45, 2.75) is 6.42 Å². The van der Waals surface area contributed by atoms with Gasteiger partial charge in [-0.05, 0) is 12.1 Å². The van der Waals surface area contributed by atoms with Crippen LogP contribution in [-0.4, -0.2) is 37.2 Å². The molecule has 21 heavy (non-hydrogen) atoms. The SMILES string of the molecule is C=CCSCCN=C(N)Nc1ccc2c(c1)OCCCO2. The van der Waals surface area contributed by atoms with Gasteiger partial charge in [0.05, 0.1) is 19.8 Å². The molecule has 0 amide bonds. The highest BCUT2D eigenvalue weighted by atomic mass is 32.2. The van der Waals surface area contributed by atoms with E-state index in [1.54, 1.807) is 11.8 Å². The Morgan fingerprint density at radius 1 is 1.38 bits per heavy atom. The number of nitrogens with zero attached hydrogens (tertiary/aromatic N) is 1. The molecule has 0 saturated heterocycles. The molecule has 0 aliphatic carbocycles. The van der Waals surface area contributed by atoms with Crippen molar-refractivity contribution in [2.24, 2.45) is 10.7 Å². The number of anilines is 1. The van der Waals surface area contributed by atoms with Gasteiger partial charge in [0.15, 0.2) is 17.5 Å². The molecule has 0 spiro atoms. The Morgan fingerprint density at radius 3 is 3.00 bits per heavy atom. The first-order chi connectivity index (χ1) is 10.3. The van der Waals surface area contributed by atoms with E-state index in [4.69, 9.17) is 15.2 Å². The molecule has 0 radical (unpaired) electrons. The van der Waals surface area contributed by atoms with Crippen LogP contribution >= 0.6 is 11.8 Å². The van der Waals surface area contributed by atoms with Crippen molar-refractivity contribution in [2.75, 3.05) is 36.6 Å². The van der Waals surface area contributed by atoms with Crippen molar-refractivity contribution >= 4 is 23.4 Å². The molecular formula is C15H21N3O2S. The average Bonchev–Trinajstić information content (AvgIpc) is 2.72. The fourth-order valence-corrected chi connectivity index (χ4v) is 2.38. The van der Waals surface area contributed by atoms with Crippen molar-refractivity contribution in [3.8, 4) is 11.5 Å². The molecular weight excluding hydrogens is 286 g/mol. The first-order valence-corrected chi connectivity index (χ1v) is 8.10. The van der Waals surface area contributed by atoms with Gasteiger partial charge >= 0.3 is 0 Å². The van der Waals surface area contributed by atoms with E-state index >= 15 is 0 Å². The molecule has 6 heteroatoms. The summed E-state index contributed by atoms with van der Waals surface area (Å²) in [6.07, 6.45) is 2.77. The maximum Gasteiger partial charge on any atom is 0.193 e. The molecule has 0 atom stereocenters. The third kappa shape index (κ3) is 5.23. The van der Waals surface area contributed by atoms with Crippen LogP contribution < -0.4 is 20.5 Å². The zero-order valence-electron chi connectivity index (χ0n) is 12.0. The van der Waals surface area contributed by atoms with E-state index in [2.05, 4.69) is 16.9 Å². The number of thioether (sulfide) groups is 1. The van der Waals surface area contributed by atoms with Crippen LogP contribution in [0, 0.1) is 0 Å². The summed E-state index contributed by atoms with van der Waals surface area (Å²) in [5.41, 5.74) is 6.71. The van der Waals surface area contributed by atoms with E-state index in [9.17, 15) is 0 Å². The quantitative estimate of drug-likeness (QED) is 0.366. The Bertz CT molecular complexity index is 506. The first-order valence-electron chi connectivity index (χ1n) is 6.95. The predicted molar refractivity (Wildman–Crippen MR) is 89.7 cm³/mol. The monoisotopic (exact) mass is 307 g/mol. The fourth-order valence-electron chi connectivity index (χ4n) is 1.83. The van der Waals surface area contributed by atoms with Crippen molar-refractivity contribution in [1.82, 2.24) is 0 Å². The molecule has 2 rings (SSSR count). The normalized spacial score (nSPS) is 14.4. The highest BCUT2D eigenvalue weighted by molar-refractivity contribution is 7.99. The Balaban J connectivity index is 1.88. The second-order valence-electron chi connectivity index (χ2n) is 4.47. The van der Waals surface area contributed by atoms with Crippen LogP contribution in [0.15, 0.2) is 35.8 Å². The van der Waals surface area contributed by atoms with Gasteiger partial charge in [0.25, 0.3) is 0 Å². The van der Waals surface area contributed by atoms with Crippen molar-refractivity contribution < 1.29 is 9.47 Å². The minimum absolute atomic E-state index is 0.406. The average molecular weight is 307 g/mol. The van der Waals surface area contributed by atoms with Gasteiger partial charge < -0.3 is 20.5 Å². The molecule has 5 nitrogen and oxygen atoms in total. The van der Waals surface area contributed by atoms with E-state index in [0.29, 0.717) is 25.7 Å². The molecule has 0 saturated carbocycles. The number of aliphatic imine (C=N–C) groups is 1. The number of hydrogen-bond acceptors (Lipinski definition) is 4. The highest BCUT2D eigenvalue weighted by Crippen LogP contribution is 2.32. The van der Waals surface area contributed by atoms with E-state index in [1.165, 1.54) is 0 Å². The number of fused-ring (bicyclic) bond motifs is 1. The summed E-state index contributed by atoms with van der Waals surface area (Å²) in [4.78, 5) is 4.28. The van der Waals surface area contributed by atoms with Crippen LogP contribution in [0.3, 0.4) is 0 Å². The molecule has 0 aromatic heterocycles. The molecule has 0 fully saturated rings. The summed E-state index contributed by atoms with van der Waals surface area (Å²) in [5, 5.41) is 3.07. The number of rotatable bonds is 6. The Hall–Kier alpha value is -1.82. The van der Waals surface area contributed by atoms with Crippen molar-refractivity contribution in [3.05, 3.63) is 30.9 Å². The van der Waals surface area contributed by atoms with Gasteiger partial charge in [-0.15, -0.1) is 6.58 Å². The molecule has 1 aromatic carbocycles. The lowest BCUT2D eigenvalue weighted by Crippen LogP contribution is -2.23. The number of nitrogens with two attached hydrogens (primary N) is 1. The molecule has 1 aromatic rings. The molecule has 114 valence electrons. The molecule has 1 aliphatic heterocycles. The molecule has 1 aliphatic rings. The first kappa shape index (κ1) is 15.6. The van der Waals surface area contributed by atoms with E-state index in [0.717, 1.165) is 35.1 Å². The lowest BCUT2D eigenvalue weighted by molar-refractivity contribution is 0.297. The van der Waals surface area contributed by atoms with Crippen LogP contribution in [0.25, 0.3) is 0 Å². The third-order valence-corrected chi connectivity index (χ3v) is 3.72. The number of benzene rings is 1. The van der Waals surface area contributed by atoms with E-state index < -0.39 is 0 Å². The van der Waals surface area contributed by atoms with Gasteiger partial charge in [0.2, 0.25) is 0 Å². The van der Waals surface area contributed by atoms with Crippen LogP contribution in [-0.2, 0) is 0 Å².